The molecule has 0 radical (unpaired) electrons. The molecule has 0 saturated heterocycles. The Bertz CT molecular complexity index is 577. The van der Waals surface area contributed by atoms with Gasteiger partial charge < -0.3 is 4.74 Å². The molecule has 2 aromatic rings. The zero-order valence-electron chi connectivity index (χ0n) is 7.72. The predicted octanol–water partition coefficient (Wildman–Crippen LogP) is -0.362. The Kier molecular flexibility index (Phi) is 2.13. The van der Waals surface area contributed by atoms with Crippen molar-refractivity contribution >= 4 is 17.0 Å². The Morgan fingerprint density at radius 2 is 2.00 bits per heavy atom. The first-order valence-electron chi connectivity index (χ1n) is 4.06. The molecule has 0 spiro atoms. The van der Waals surface area contributed by atoms with Crippen LogP contribution in [-0.2, 0) is 4.79 Å². The molecule has 7 heteroatoms. The number of aromatic amines is 1. The zero-order valence-corrected chi connectivity index (χ0v) is 7.72. The molecule has 15 heavy (non-hydrogen) atoms. The van der Waals surface area contributed by atoms with E-state index < -0.39 is 11.5 Å². The smallest absolute Gasteiger partial charge is 0.309 e. The summed E-state index contributed by atoms with van der Waals surface area (Å²) in [6.45, 7) is 1.23. The molecule has 2 heterocycles. The van der Waals surface area contributed by atoms with Gasteiger partial charge in [-0.05, 0) is 0 Å². The maximum absolute atomic E-state index is 11.3. The fourth-order valence-corrected chi connectivity index (χ4v) is 1.08. The lowest BCUT2D eigenvalue weighted by molar-refractivity contribution is -0.132. The van der Waals surface area contributed by atoms with Gasteiger partial charge in [-0.3, -0.25) is 9.59 Å². The third kappa shape index (κ3) is 1.66. The number of fused-ring (bicyclic) bond motifs is 1. The average Bonchev–Trinajstić information content (AvgIpc) is 2.22. The lowest BCUT2D eigenvalue weighted by Crippen LogP contribution is -2.14. The van der Waals surface area contributed by atoms with Crippen LogP contribution in [0.3, 0.4) is 0 Å². The Morgan fingerprint density at radius 3 is 2.67 bits per heavy atom. The van der Waals surface area contributed by atoms with Gasteiger partial charge >= 0.3 is 5.97 Å². The van der Waals surface area contributed by atoms with Crippen molar-refractivity contribution in [2.75, 3.05) is 0 Å². The number of hydrogen-bond donors (Lipinski definition) is 1. The lowest BCUT2D eigenvalue weighted by atomic mass is 10.4. The van der Waals surface area contributed by atoms with Gasteiger partial charge in [-0.2, -0.15) is 0 Å². The van der Waals surface area contributed by atoms with E-state index in [1.54, 1.807) is 0 Å². The summed E-state index contributed by atoms with van der Waals surface area (Å²) in [4.78, 5) is 29.7. The second kappa shape index (κ2) is 3.45. The summed E-state index contributed by atoms with van der Waals surface area (Å²) in [7, 11) is 0. The van der Waals surface area contributed by atoms with Gasteiger partial charge in [-0.15, -0.1) is 5.10 Å². The molecule has 2 rings (SSSR count). The fourth-order valence-electron chi connectivity index (χ4n) is 1.08. The first-order chi connectivity index (χ1) is 7.18. The van der Waals surface area contributed by atoms with Crippen LogP contribution >= 0.6 is 0 Å². The fraction of sp³-hybridized carbons (Fsp3) is 0.125. The van der Waals surface area contributed by atoms with Gasteiger partial charge in [0.05, 0.1) is 0 Å². The molecule has 7 nitrogen and oxygen atoms in total. The summed E-state index contributed by atoms with van der Waals surface area (Å²) < 4.78 is 4.76. The molecule has 1 N–H and O–H groups in total. The summed E-state index contributed by atoms with van der Waals surface area (Å²) >= 11 is 0. The van der Waals surface area contributed by atoms with E-state index in [4.69, 9.17) is 4.74 Å². The number of carbonyl (C=O) groups is 1. The molecule has 0 saturated carbocycles. The van der Waals surface area contributed by atoms with E-state index in [1.807, 2.05) is 0 Å². The number of carbonyl (C=O) groups excluding carboxylic acids is 1. The van der Waals surface area contributed by atoms with Crippen molar-refractivity contribution in [1.29, 1.82) is 0 Å². The van der Waals surface area contributed by atoms with Crippen molar-refractivity contribution < 1.29 is 9.53 Å². The monoisotopic (exact) mass is 206 g/mol. The molecule has 2 aromatic heterocycles. The van der Waals surface area contributed by atoms with Crippen molar-refractivity contribution in [2.24, 2.45) is 0 Å². The zero-order chi connectivity index (χ0) is 10.8. The number of aromatic nitrogens is 4. The van der Waals surface area contributed by atoms with Crippen LogP contribution in [0.2, 0.25) is 0 Å². The Hall–Kier alpha value is -2.31. The van der Waals surface area contributed by atoms with Crippen molar-refractivity contribution in [3.05, 3.63) is 22.7 Å². The van der Waals surface area contributed by atoms with Gasteiger partial charge in [0.25, 0.3) is 11.4 Å². The molecule has 0 aromatic carbocycles. The number of hydrogen-bond acceptors (Lipinski definition) is 6. The molecule has 0 amide bonds. The maximum Gasteiger partial charge on any atom is 0.309 e. The Labute approximate surface area is 83.1 Å². The minimum atomic E-state index is -0.540. The summed E-state index contributed by atoms with van der Waals surface area (Å²) in [6.07, 6.45) is 2.76. The molecule has 0 fully saturated rings. The largest absolute Gasteiger partial charge is 0.404 e. The van der Waals surface area contributed by atoms with Gasteiger partial charge in [0.1, 0.15) is 0 Å². The van der Waals surface area contributed by atoms with Crippen molar-refractivity contribution in [1.82, 2.24) is 20.2 Å². The average molecular weight is 206 g/mol. The number of rotatable bonds is 1. The number of H-pyrrole nitrogens is 1. The normalized spacial score (nSPS) is 10.2. The predicted molar refractivity (Wildman–Crippen MR) is 49.3 cm³/mol. The number of nitrogens with one attached hydrogen (secondary N) is 1. The molecule has 0 atom stereocenters. The summed E-state index contributed by atoms with van der Waals surface area (Å²) in [5.41, 5.74) is -0.228. The number of ether oxygens (including phenoxy) is 1. The molecule has 0 unspecified atom stereocenters. The van der Waals surface area contributed by atoms with Crippen molar-refractivity contribution in [3.63, 3.8) is 0 Å². The van der Waals surface area contributed by atoms with Gasteiger partial charge in [0.2, 0.25) is 0 Å². The molecule has 76 valence electrons. The van der Waals surface area contributed by atoms with Crippen molar-refractivity contribution in [3.8, 4) is 5.88 Å². The highest BCUT2D eigenvalue weighted by Crippen LogP contribution is 2.14. The third-order valence-corrected chi connectivity index (χ3v) is 1.62. The van der Waals surface area contributed by atoms with E-state index in [1.165, 1.54) is 19.3 Å². The van der Waals surface area contributed by atoms with E-state index in [2.05, 4.69) is 20.2 Å². The highest BCUT2D eigenvalue weighted by molar-refractivity contribution is 5.80. The van der Waals surface area contributed by atoms with E-state index in [0.717, 1.165) is 0 Å². The minimum absolute atomic E-state index is 0.0507. The molecule has 0 aliphatic carbocycles. The van der Waals surface area contributed by atoms with E-state index in [9.17, 15) is 9.59 Å². The Morgan fingerprint density at radius 1 is 1.33 bits per heavy atom. The SMILES string of the molecule is CC(=O)Oc1n[nH]c(=O)c2nccnc12. The number of esters is 1. The van der Waals surface area contributed by atoms with Crippen LogP contribution in [0.4, 0.5) is 0 Å². The molecular weight excluding hydrogens is 200 g/mol. The van der Waals surface area contributed by atoms with Crippen LogP contribution in [-0.4, -0.2) is 26.1 Å². The van der Waals surface area contributed by atoms with Gasteiger partial charge in [-0.1, -0.05) is 0 Å². The third-order valence-electron chi connectivity index (χ3n) is 1.62. The molecule has 0 aliphatic rings. The topological polar surface area (TPSA) is 97.8 Å². The quantitative estimate of drug-likeness (QED) is 0.639. The van der Waals surface area contributed by atoms with Crippen LogP contribution in [0.15, 0.2) is 17.2 Å². The molecule has 0 aliphatic heterocycles. The van der Waals surface area contributed by atoms with Crippen LogP contribution in [0.25, 0.3) is 11.0 Å². The van der Waals surface area contributed by atoms with E-state index in [-0.39, 0.29) is 16.9 Å². The van der Waals surface area contributed by atoms with Gasteiger partial charge in [0.15, 0.2) is 11.0 Å². The molecule has 0 bridgehead atoms. The first-order valence-corrected chi connectivity index (χ1v) is 4.06. The first kappa shape index (κ1) is 9.25. The second-order valence-corrected chi connectivity index (χ2v) is 2.71. The van der Waals surface area contributed by atoms with Crippen LogP contribution in [0.5, 0.6) is 5.88 Å². The summed E-state index contributed by atoms with van der Waals surface area (Å²) in [5.74, 6) is -0.591. The van der Waals surface area contributed by atoms with Crippen LogP contribution in [0.1, 0.15) is 6.92 Å². The summed E-state index contributed by atoms with van der Waals surface area (Å²) in [5, 5.41) is 5.73. The highest BCUT2D eigenvalue weighted by atomic mass is 16.5. The van der Waals surface area contributed by atoms with Crippen molar-refractivity contribution in [2.45, 2.75) is 6.92 Å². The Balaban J connectivity index is 2.71. The maximum atomic E-state index is 11.3. The second-order valence-electron chi connectivity index (χ2n) is 2.71. The van der Waals surface area contributed by atoms with Gasteiger partial charge in [-0.25, -0.2) is 15.1 Å². The highest BCUT2D eigenvalue weighted by Gasteiger charge is 2.10. The summed E-state index contributed by atoms with van der Waals surface area (Å²) in [6, 6.07) is 0. The van der Waals surface area contributed by atoms with Crippen LogP contribution in [0, 0.1) is 0 Å². The van der Waals surface area contributed by atoms with E-state index in [0.29, 0.717) is 0 Å². The minimum Gasteiger partial charge on any atom is -0.404 e. The van der Waals surface area contributed by atoms with E-state index >= 15 is 0 Å². The van der Waals surface area contributed by atoms with Crippen LogP contribution < -0.4 is 10.3 Å². The van der Waals surface area contributed by atoms with Gasteiger partial charge in [0, 0.05) is 19.3 Å². The number of nitrogens with zero attached hydrogens (tertiary/aromatic N) is 3. The standard InChI is InChI=1S/C8H6N4O3/c1-4(13)15-8-6-5(7(14)11-12-8)9-2-3-10-6/h2-3H,1H3,(H,11,14). The molecular formula is C8H6N4O3. The lowest BCUT2D eigenvalue weighted by Gasteiger charge is -2.01.